The third-order valence-electron chi connectivity index (χ3n) is 11.1. The minimum Gasteiger partial charge on any atom is -0.455 e. The van der Waals surface area contributed by atoms with Gasteiger partial charge in [-0.05, 0) is 107 Å². The molecule has 10 aromatic rings. The Balaban J connectivity index is 1.13. The molecule has 1 heterocycles. The summed E-state index contributed by atoms with van der Waals surface area (Å²) in [5.74, 6) is 0. The molecule has 238 valence electrons. The predicted molar refractivity (Wildman–Crippen MR) is 218 cm³/mol. The number of furan rings is 1. The number of hydrogen-bond donors (Lipinski definition) is 0. The van der Waals surface area contributed by atoms with Gasteiger partial charge in [0.25, 0.3) is 0 Å². The van der Waals surface area contributed by atoms with Crippen molar-refractivity contribution in [1.29, 1.82) is 0 Å². The monoisotopic (exact) mass is 648 g/mol. The van der Waals surface area contributed by atoms with Crippen LogP contribution in [0.25, 0.3) is 98.1 Å². The van der Waals surface area contributed by atoms with E-state index < -0.39 is 0 Å². The molecule has 0 aliphatic heterocycles. The fourth-order valence-electron chi connectivity index (χ4n) is 8.89. The third-order valence-corrected chi connectivity index (χ3v) is 11.1. The summed E-state index contributed by atoms with van der Waals surface area (Å²) >= 11 is 0. The van der Waals surface area contributed by atoms with E-state index in [4.69, 9.17) is 4.42 Å². The largest absolute Gasteiger partial charge is 0.455 e. The van der Waals surface area contributed by atoms with Crippen molar-refractivity contribution < 1.29 is 4.42 Å². The fourth-order valence-corrected chi connectivity index (χ4v) is 8.89. The van der Waals surface area contributed by atoms with Crippen LogP contribution in [0.3, 0.4) is 0 Å². The molecule has 1 aromatic heterocycles. The normalized spacial score (nSPS) is 13.6. The second kappa shape index (κ2) is 11.0. The molecule has 11 rings (SSSR count). The highest BCUT2D eigenvalue weighted by molar-refractivity contribution is 6.30. The standard InChI is InChI=1S/C50H32O/c1-2-17-35-31(13-1)14-12-26-38(35)48-42-23-8-6-21-40(42)47(41-22-7-9-24-43(41)48)34-16-11-15-32(29-34)33-27-28-46-45(30-33)49-39-20-5-3-18-36(39)37-19-4-10-25-44(37)50(49)51-46/h1-10,12-15,17-30H,11,16H2. The second-order valence-corrected chi connectivity index (χ2v) is 13.8. The van der Waals surface area contributed by atoms with E-state index in [1.165, 1.54) is 92.6 Å². The number of fused-ring (bicyclic) bond motifs is 11. The van der Waals surface area contributed by atoms with E-state index in [2.05, 4.69) is 170 Å². The van der Waals surface area contributed by atoms with E-state index in [9.17, 15) is 0 Å². The first-order valence-corrected chi connectivity index (χ1v) is 17.9. The van der Waals surface area contributed by atoms with Gasteiger partial charge in [-0.15, -0.1) is 0 Å². The minimum atomic E-state index is 0.928. The summed E-state index contributed by atoms with van der Waals surface area (Å²) in [6, 6.07) is 57.6. The van der Waals surface area contributed by atoms with Gasteiger partial charge >= 0.3 is 0 Å². The Morgan fingerprint density at radius 2 is 1.00 bits per heavy atom. The fraction of sp³-hybridized carbons (Fsp3) is 0.0400. The maximum Gasteiger partial charge on any atom is 0.143 e. The maximum atomic E-state index is 6.64. The number of rotatable bonds is 3. The lowest BCUT2D eigenvalue weighted by Gasteiger charge is -2.22. The van der Waals surface area contributed by atoms with E-state index in [0.29, 0.717) is 0 Å². The van der Waals surface area contributed by atoms with Crippen molar-refractivity contribution in [2.75, 3.05) is 0 Å². The summed E-state index contributed by atoms with van der Waals surface area (Å²) in [4.78, 5) is 0. The van der Waals surface area contributed by atoms with Crippen LogP contribution < -0.4 is 0 Å². The van der Waals surface area contributed by atoms with Crippen LogP contribution in [0.2, 0.25) is 0 Å². The van der Waals surface area contributed by atoms with Gasteiger partial charge in [-0.25, -0.2) is 0 Å². The molecule has 0 saturated heterocycles. The van der Waals surface area contributed by atoms with E-state index >= 15 is 0 Å². The van der Waals surface area contributed by atoms with Crippen LogP contribution in [0.1, 0.15) is 24.0 Å². The Labute approximate surface area is 295 Å². The minimum absolute atomic E-state index is 0.928. The third kappa shape index (κ3) is 4.22. The van der Waals surface area contributed by atoms with E-state index in [-0.39, 0.29) is 0 Å². The molecule has 0 bridgehead atoms. The molecule has 0 amide bonds. The van der Waals surface area contributed by atoms with Crippen LogP contribution in [-0.4, -0.2) is 0 Å². The molecule has 1 nitrogen and oxygen atoms in total. The summed E-state index contributed by atoms with van der Waals surface area (Å²) < 4.78 is 6.64. The smallest absolute Gasteiger partial charge is 0.143 e. The van der Waals surface area contributed by atoms with Gasteiger partial charge in [0.15, 0.2) is 0 Å². The van der Waals surface area contributed by atoms with Gasteiger partial charge in [-0.3, -0.25) is 0 Å². The SMILES string of the molecule is C1=C(c2ccc3oc4c5ccccc5c5ccccc5c4c3c2)C=C(c2c3ccccc3c(-c3cccc4ccccc34)c3ccccc23)CC1. The average molecular weight is 649 g/mol. The molecule has 0 N–H and O–H groups in total. The van der Waals surface area contributed by atoms with Crippen molar-refractivity contribution in [3.05, 3.63) is 181 Å². The van der Waals surface area contributed by atoms with Gasteiger partial charge in [-0.2, -0.15) is 0 Å². The van der Waals surface area contributed by atoms with Crippen molar-refractivity contribution in [2.45, 2.75) is 12.8 Å². The Morgan fingerprint density at radius 3 is 1.73 bits per heavy atom. The number of hydrogen-bond acceptors (Lipinski definition) is 1. The Hall–Kier alpha value is -6.44. The van der Waals surface area contributed by atoms with Crippen molar-refractivity contribution >= 4 is 86.9 Å². The lowest BCUT2D eigenvalue weighted by atomic mass is 9.82. The summed E-state index contributed by atoms with van der Waals surface area (Å²) in [6.45, 7) is 0. The average Bonchev–Trinajstić information content (AvgIpc) is 3.59. The van der Waals surface area contributed by atoms with Gasteiger partial charge < -0.3 is 4.42 Å². The molecule has 1 aliphatic carbocycles. The first kappa shape index (κ1) is 28.4. The van der Waals surface area contributed by atoms with Crippen LogP contribution in [0, 0.1) is 0 Å². The Kier molecular flexibility index (Phi) is 6.15. The first-order valence-electron chi connectivity index (χ1n) is 17.9. The van der Waals surface area contributed by atoms with Gasteiger partial charge in [0.2, 0.25) is 0 Å². The van der Waals surface area contributed by atoms with Gasteiger partial charge in [-0.1, -0.05) is 158 Å². The molecule has 1 aliphatic rings. The highest BCUT2D eigenvalue weighted by Gasteiger charge is 2.21. The summed E-state index contributed by atoms with van der Waals surface area (Å²) in [7, 11) is 0. The zero-order valence-corrected chi connectivity index (χ0v) is 28.0. The quantitative estimate of drug-likeness (QED) is 0.137. The Bertz CT molecular complexity index is 3070. The molecular formula is C50H32O. The van der Waals surface area contributed by atoms with Gasteiger partial charge in [0, 0.05) is 16.2 Å². The molecule has 0 radical (unpaired) electrons. The van der Waals surface area contributed by atoms with E-state index in [1.54, 1.807) is 0 Å². The van der Waals surface area contributed by atoms with Crippen molar-refractivity contribution in [2.24, 2.45) is 0 Å². The molecule has 0 saturated carbocycles. The highest BCUT2D eigenvalue weighted by atomic mass is 16.3. The summed E-state index contributed by atoms with van der Waals surface area (Å²) in [6.07, 6.45) is 6.85. The topological polar surface area (TPSA) is 13.1 Å². The highest BCUT2D eigenvalue weighted by Crippen LogP contribution is 2.47. The lowest BCUT2D eigenvalue weighted by molar-refractivity contribution is 0.673. The first-order chi connectivity index (χ1) is 25.3. The van der Waals surface area contributed by atoms with Crippen LogP contribution in [-0.2, 0) is 0 Å². The van der Waals surface area contributed by atoms with Crippen LogP contribution >= 0.6 is 0 Å². The van der Waals surface area contributed by atoms with Gasteiger partial charge in [0.1, 0.15) is 11.2 Å². The van der Waals surface area contributed by atoms with E-state index in [0.717, 1.165) is 29.4 Å². The number of benzene rings is 9. The molecule has 9 aromatic carbocycles. The Morgan fingerprint density at radius 1 is 0.431 bits per heavy atom. The van der Waals surface area contributed by atoms with E-state index in [1.807, 2.05) is 0 Å². The van der Waals surface area contributed by atoms with Crippen molar-refractivity contribution in [3.63, 3.8) is 0 Å². The number of allylic oxidation sites excluding steroid dienone is 4. The van der Waals surface area contributed by atoms with Crippen LogP contribution in [0.5, 0.6) is 0 Å². The van der Waals surface area contributed by atoms with Crippen molar-refractivity contribution in [1.82, 2.24) is 0 Å². The van der Waals surface area contributed by atoms with Crippen molar-refractivity contribution in [3.8, 4) is 11.1 Å². The van der Waals surface area contributed by atoms with Crippen LogP contribution in [0.4, 0.5) is 0 Å². The summed E-state index contributed by atoms with van der Waals surface area (Å²) in [5.41, 5.74) is 9.72. The molecule has 1 heteroatoms. The van der Waals surface area contributed by atoms with Gasteiger partial charge in [0.05, 0.1) is 0 Å². The zero-order valence-electron chi connectivity index (χ0n) is 28.0. The molecule has 0 spiro atoms. The molecule has 51 heavy (non-hydrogen) atoms. The molecule has 0 fully saturated rings. The predicted octanol–water partition coefficient (Wildman–Crippen LogP) is 14.3. The molecule has 0 atom stereocenters. The molecular weight excluding hydrogens is 617 g/mol. The van der Waals surface area contributed by atoms with Crippen LogP contribution in [0.15, 0.2) is 174 Å². The zero-order chi connectivity index (χ0) is 33.5. The lowest BCUT2D eigenvalue weighted by Crippen LogP contribution is -1.97. The summed E-state index contributed by atoms with van der Waals surface area (Å²) in [5, 5.41) is 15.0. The maximum absolute atomic E-state index is 6.64. The second-order valence-electron chi connectivity index (χ2n) is 13.8. The molecule has 0 unspecified atom stereocenters.